The zero-order valence-electron chi connectivity index (χ0n) is 17.6. The Morgan fingerprint density at radius 2 is 1.93 bits per heavy atom. The number of hydrogen-bond acceptors (Lipinski definition) is 6. The highest BCUT2D eigenvalue weighted by Crippen LogP contribution is 2.33. The topological polar surface area (TPSA) is 52.2 Å². The summed E-state index contributed by atoms with van der Waals surface area (Å²) in [4.78, 5) is 25.9. The molecule has 2 aliphatic rings. The van der Waals surface area contributed by atoms with Crippen LogP contribution in [0.2, 0.25) is 5.02 Å². The summed E-state index contributed by atoms with van der Waals surface area (Å²) in [6.07, 6.45) is 1.94. The van der Waals surface area contributed by atoms with E-state index in [1.807, 2.05) is 43.4 Å². The van der Waals surface area contributed by atoms with Crippen LogP contribution < -0.4 is 14.5 Å². The Bertz CT molecular complexity index is 882. The lowest BCUT2D eigenvalue weighted by Gasteiger charge is -2.37. The van der Waals surface area contributed by atoms with Crippen molar-refractivity contribution in [3.8, 4) is 5.75 Å². The first-order chi connectivity index (χ1) is 14.5. The summed E-state index contributed by atoms with van der Waals surface area (Å²) in [5.74, 6) is 1.89. The third-order valence-corrected chi connectivity index (χ3v) is 5.71. The quantitative estimate of drug-likeness (QED) is 0.727. The van der Waals surface area contributed by atoms with Crippen LogP contribution >= 0.6 is 11.6 Å². The predicted molar refractivity (Wildman–Crippen MR) is 120 cm³/mol. The lowest BCUT2D eigenvalue weighted by molar-refractivity contribution is -0.130. The van der Waals surface area contributed by atoms with E-state index >= 15 is 0 Å². The molecule has 1 aromatic carbocycles. The lowest BCUT2D eigenvalue weighted by Crippen LogP contribution is -2.52. The Morgan fingerprint density at radius 1 is 1.13 bits per heavy atom. The van der Waals surface area contributed by atoms with E-state index in [0.717, 1.165) is 36.9 Å². The number of hydrogen-bond donors (Lipinski definition) is 0. The highest BCUT2D eigenvalue weighted by molar-refractivity contribution is 6.31. The van der Waals surface area contributed by atoms with Gasteiger partial charge in [-0.3, -0.25) is 4.79 Å². The number of aromatic nitrogens is 1. The molecule has 0 N–H and O–H groups in total. The Morgan fingerprint density at radius 3 is 2.63 bits per heavy atom. The predicted octanol–water partition coefficient (Wildman–Crippen LogP) is 2.34. The summed E-state index contributed by atoms with van der Waals surface area (Å²) in [5.41, 5.74) is 2.09. The van der Waals surface area contributed by atoms with Gasteiger partial charge in [0.25, 0.3) is 0 Å². The van der Waals surface area contributed by atoms with Crippen molar-refractivity contribution in [2.75, 3.05) is 69.8 Å². The maximum absolute atomic E-state index is 12.9. The Hall–Kier alpha value is -2.51. The molecular formula is C22H28ClN5O2. The van der Waals surface area contributed by atoms with Gasteiger partial charge in [-0.1, -0.05) is 17.7 Å². The fraction of sp³-hybridized carbons (Fsp3) is 0.455. The van der Waals surface area contributed by atoms with Gasteiger partial charge in [-0.2, -0.15) is 0 Å². The van der Waals surface area contributed by atoms with Crippen LogP contribution in [-0.4, -0.2) is 80.7 Å². The van der Waals surface area contributed by atoms with Crippen LogP contribution in [0.3, 0.4) is 0 Å². The second-order valence-corrected chi connectivity index (χ2v) is 8.45. The number of benzene rings is 1. The van der Waals surface area contributed by atoms with Gasteiger partial charge in [0.15, 0.2) is 0 Å². The third-order valence-electron chi connectivity index (χ3n) is 5.47. The Labute approximate surface area is 182 Å². The molecule has 0 bridgehead atoms. The van der Waals surface area contributed by atoms with Crippen molar-refractivity contribution in [1.82, 2.24) is 14.8 Å². The molecule has 0 aliphatic carbocycles. The first-order valence-electron chi connectivity index (χ1n) is 10.3. The number of anilines is 2. The fourth-order valence-electron chi connectivity index (χ4n) is 3.92. The minimum Gasteiger partial charge on any atom is -0.490 e. The Balaban J connectivity index is 1.32. The van der Waals surface area contributed by atoms with Crippen LogP contribution in [0.1, 0.15) is 5.56 Å². The normalized spacial score (nSPS) is 16.5. The van der Waals surface area contributed by atoms with Gasteiger partial charge in [0.2, 0.25) is 5.91 Å². The van der Waals surface area contributed by atoms with Gasteiger partial charge in [0, 0.05) is 43.9 Å². The second kappa shape index (κ2) is 9.10. The molecule has 3 heterocycles. The van der Waals surface area contributed by atoms with Crippen molar-refractivity contribution in [2.24, 2.45) is 0 Å². The van der Waals surface area contributed by atoms with Gasteiger partial charge < -0.3 is 24.3 Å². The fourth-order valence-corrected chi connectivity index (χ4v) is 4.09. The molecule has 1 fully saturated rings. The third kappa shape index (κ3) is 4.79. The number of carbonyl (C=O) groups excluding carboxylic acids is 1. The average Bonchev–Trinajstić information content (AvgIpc) is 2.74. The summed E-state index contributed by atoms with van der Waals surface area (Å²) in [5, 5.41) is 0.648. The van der Waals surface area contributed by atoms with Crippen molar-refractivity contribution in [3.63, 3.8) is 0 Å². The second-order valence-electron chi connectivity index (χ2n) is 8.01. The van der Waals surface area contributed by atoms with Gasteiger partial charge in [-0.15, -0.1) is 0 Å². The summed E-state index contributed by atoms with van der Waals surface area (Å²) >= 11 is 6.14. The number of halogens is 1. The van der Waals surface area contributed by atoms with Crippen LogP contribution in [0.4, 0.5) is 11.5 Å². The van der Waals surface area contributed by atoms with E-state index in [0.29, 0.717) is 37.8 Å². The van der Waals surface area contributed by atoms with Crippen molar-refractivity contribution in [2.45, 2.75) is 6.54 Å². The number of pyridine rings is 1. The van der Waals surface area contributed by atoms with E-state index in [1.165, 1.54) is 5.56 Å². The van der Waals surface area contributed by atoms with Crippen molar-refractivity contribution in [3.05, 3.63) is 47.1 Å². The van der Waals surface area contributed by atoms with E-state index in [4.69, 9.17) is 16.3 Å². The lowest BCUT2D eigenvalue weighted by atomic mass is 10.2. The number of fused-ring (bicyclic) bond motifs is 1. The molecule has 1 aromatic heterocycles. The highest BCUT2D eigenvalue weighted by Gasteiger charge is 2.26. The van der Waals surface area contributed by atoms with Crippen LogP contribution in [-0.2, 0) is 11.3 Å². The molecule has 7 nitrogen and oxygen atoms in total. The number of rotatable bonds is 5. The molecule has 0 spiro atoms. The van der Waals surface area contributed by atoms with Gasteiger partial charge in [-0.05, 0) is 43.9 Å². The van der Waals surface area contributed by atoms with Crippen LogP contribution in [0.5, 0.6) is 5.75 Å². The van der Waals surface area contributed by atoms with E-state index in [2.05, 4.69) is 31.8 Å². The minimum absolute atomic E-state index is 0.136. The molecule has 8 heteroatoms. The molecule has 30 heavy (non-hydrogen) atoms. The largest absolute Gasteiger partial charge is 0.490 e. The standard InChI is InChI=1S/C22H28ClN5O2/c1-25(2)15-17-3-6-21(24-14-17)26-7-9-27(10-8-26)22(29)16-28-11-12-30-20-5-4-18(23)13-19(20)28/h3-6,13-14H,7-12,15-16H2,1-2H3. The van der Waals surface area contributed by atoms with Crippen molar-refractivity contribution >= 4 is 29.0 Å². The molecule has 0 saturated carbocycles. The number of ether oxygens (including phenoxy) is 1. The van der Waals surface area contributed by atoms with Crippen LogP contribution in [0.25, 0.3) is 0 Å². The van der Waals surface area contributed by atoms with E-state index in [-0.39, 0.29) is 5.91 Å². The highest BCUT2D eigenvalue weighted by atomic mass is 35.5. The van der Waals surface area contributed by atoms with E-state index < -0.39 is 0 Å². The van der Waals surface area contributed by atoms with Crippen molar-refractivity contribution in [1.29, 1.82) is 0 Å². The molecule has 2 aromatic rings. The summed E-state index contributed by atoms with van der Waals surface area (Å²) in [7, 11) is 4.10. The van der Waals surface area contributed by atoms with Crippen LogP contribution in [0, 0.1) is 0 Å². The van der Waals surface area contributed by atoms with Gasteiger partial charge in [0.1, 0.15) is 18.2 Å². The first-order valence-corrected chi connectivity index (χ1v) is 10.7. The molecule has 0 radical (unpaired) electrons. The zero-order chi connectivity index (χ0) is 21.1. The maximum atomic E-state index is 12.9. The van der Waals surface area contributed by atoms with Gasteiger partial charge in [0.05, 0.1) is 18.8 Å². The molecule has 1 amide bonds. The Kier molecular flexibility index (Phi) is 6.29. The van der Waals surface area contributed by atoms with Crippen LogP contribution in [0.15, 0.2) is 36.5 Å². The molecule has 1 saturated heterocycles. The average molecular weight is 430 g/mol. The molecule has 0 unspecified atom stereocenters. The smallest absolute Gasteiger partial charge is 0.242 e. The summed E-state index contributed by atoms with van der Waals surface area (Å²) < 4.78 is 5.69. The molecule has 2 aliphatic heterocycles. The molecule has 160 valence electrons. The van der Waals surface area contributed by atoms with Gasteiger partial charge >= 0.3 is 0 Å². The summed E-state index contributed by atoms with van der Waals surface area (Å²) in [6.45, 7) is 5.46. The number of piperazine rings is 1. The number of amides is 1. The minimum atomic E-state index is 0.136. The van der Waals surface area contributed by atoms with Gasteiger partial charge in [-0.25, -0.2) is 4.98 Å². The monoisotopic (exact) mass is 429 g/mol. The molecular weight excluding hydrogens is 402 g/mol. The maximum Gasteiger partial charge on any atom is 0.242 e. The molecule has 4 rings (SSSR count). The number of nitrogens with zero attached hydrogens (tertiary/aromatic N) is 5. The summed E-state index contributed by atoms with van der Waals surface area (Å²) in [6, 6.07) is 9.74. The van der Waals surface area contributed by atoms with E-state index in [1.54, 1.807) is 0 Å². The number of carbonyl (C=O) groups is 1. The van der Waals surface area contributed by atoms with Crippen molar-refractivity contribution < 1.29 is 9.53 Å². The van der Waals surface area contributed by atoms with E-state index in [9.17, 15) is 4.79 Å². The zero-order valence-corrected chi connectivity index (χ0v) is 18.3. The SMILES string of the molecule is CN(C)Cc1ccc(N2CCN(C(=O)CN3CCOc4ccc(Cl)cc43)CC2)nc1. The molecule has 0 atom stereocenters. The first kappa shape index (κ1) is 20.8.